The Hall–Kier alpha value is -2.89. The van der Waals surface area contributed by atoms with Gasteiger partial charge in [0.15, 0.2) is 5.96 Å². The van der Waals surface area contributed by atoms with Crippen molar-refractivity contribution in [3.8, 4) is 0 Å². The Morgan fingerprint density at radius 1 is 1.03 bits per heavy atom. The number of aliphatic imine (C=N–C) groups is 1. The first kappa shape index (κ1) is 22.9. The van der Waals surface area contributed by atoms with Crippen LogP contribution in [0.15, 0.2) is 53.5 Å². The molecular formula is C28H34FN3O2. The van der Waals surface area contributed by atoms with Crippen molar-refractivity contribution in [3.05, 3.63) is 65.5 Å². The number of carbonyl (C=O) groups is 1. The molecule has 4 bridgehead atoms. The number of hydrogen-bond acceptors (Lipinski definition) is 2. The summed E-state index contributed by atoms with van der Waals surface area (Å²) in [5, 5.41) is 16.1. The highest BCUT2D eigenvalue weighted by molar-refractivity contribution is 5.94. The molecule has 3 N–H and O–H groups in total. The minimum Gasteiger partial charge on any atom is -0.478 e. The molecule has 0 amide bonds. The number of aromatic carboxylic acids is 1. The number of halogens is 1. The molecule has 0 saturated heterocycles. The third kappa shape index (κ3) is 5.26. The summed E-state index contributed by atoms with van der Waals surface area (Å²) >= 11 is 0. The molecule has 0 radical (unpaired) electrons. The van der Waals surface area contributed by atoms with E-state index in [-0.39, 0.29) is 17.4 Å². The van der Waals surface area contributed by atoms with Gasteiger partial charge in [-0.1, -0.05) is 12.1 Å². The average molecular weight is 464 g/mol. The topological polar surface area (TPSA) is 73.7 Å². The number of nitrogens with zero attached hydrogens (tertiary/aromatic N) is 1. The molecule has 0 unspecified atom stereocenters. The standard InChI is InChI=1S/C28H34FN3O2/c1-18(13-28-14-20-10-21(15-28)12-22(11-20)16-28)31-27(30-17-19-2-6-24(29)7-3-19)32-25-8-4-23(5-9-25)26(33)34/h2-9,18,20-22H,10-17H2,1H3,(H,33,34)(H2,30,31,32)/t18-,20?,21?,22?,28?/m1/s1. The van der Waals surface area contributed by atoms with Gasteiger partial charge in [0.1, 0.15) is 5.82 Å². The van der Waals surface area contributed by atoms with Crippen molar-refractivity contribution in [2.24, 2.45) is 28.2 Å². The number of anilines is 1. The van der Waals surface area contributed by atoms with Gasteiger partial charge < -0.3 is 15.7 Å². The summed E-state index contributed by atoms with van der Waals surface area (Å²) in [6, 6.07) is 13.3. The predicted octanol–water partition coefficient (Wildman–Crippen LogP) is 6.08. The molecule has 6 rings (SSSR count). The first-order valence-electron chi connectivity index (χ1n) is 12.5. The first-order valence-corrected chi connectivity index (χ1v) is 12.5. The van der Waals surface area contributed by atoms with Crippen molar-refractivity contribution in [3.63, 3.8) is 0 Å². The van der Waals surface area contributed by atoms with Crippen LogP contribution in [0.3, 0.4) is 0 Å². The fourth-order valence-corrected chi connectivity index (χ4v) is 7.19. The van der Waals surface area contributed by atoms with Crippen LogP contribution in [-0.4, -0.2) is 23.1 Å². The van der Waals surface area contributed by atoms with Crippen molar-refractivity contribution in [2.75, 3.05) is 5.32 Å². The quantitative estimate of drug-likeness (QED) is 0.344. The monoisotopic (exact) mass is 463 g/mol. The van der Waals surface area contributed by atoms with Gasteiger partial charge in [0.25, 0.3) is 0 Å². The van der Waals surface area contributed by atoms with Gasteiger partial charge in [-0.05, 0) is 117 Å². The third-order valence-electron chi connectivity index (χ3n) is 8.01. The van der Waals surface area contributed by atoms with Crippen LogP contribution in [-0.2, 0) is 6.54 Å². The van der Waals surface area contributed by atoms with Gasteiger partial charge in [-0.25, -0.2) is 14.2 Å². The summed E-state index contributed by atoms with van der Waals surface area (Å²) in [5.74, 6) is 2.23. The Balaban J connectivity index is 1.29. The first-order chi connectivity index (χ1) is 16.4. The Morgan fingerprint density at radius 3 is 2.18 bits per heavy atom. The maximum atomic E-state index is 13.3. The Bertz CT molecular complexity index is 1010. The molecule has 180 valence electrons. The molecule has 5 nitrogen and oxygen atoms in total. The second-order valence-electron chi connectivity index (χ2n) is 11.0. The lowest BCUT2D eigenvalue weighted by molar-refractivity contribution is -0.0603. The highest BCUT2D eigenvalue weighted by Gasteiger charge is 2.51. The average Bonchev–Trinajstić information content (AvgIpc) is 2.77. The Kier molecular flexibility index (Phi) is 6.32. The number of nitrogens with one attached hydrogen (secondary N) is 2. The molecule has 4 saturated carbocycles. The SMILES string of the molecule is C[C@H](CC12CC3CC(CC(C3)C1)C2)NC(=NCc1ccc(F)cc1)Nc1ccc(C(=O)O)cc1. The van der Waals surface area contributed by atoms with Crippen LogP contribution >= 0.6 is 0 Å². The van der Waals surface area contributed by atoms with E-state index < -0.39 is 5.97 Å². The summed E-state index contributed by atoms with van der Waals surface area (Å²) in [4.78, 5) is 15.9. The van der Waals surface area contributed by atoms with E-state index in [9.17, 15) is 14.3 Å². The minimum absolute atomic E-state index is 0.249. The molecule has 4 aliphatic carbocycles. The van der Waals surface area contributed by atoms with Gasteiger partial charge in [-0.3, -0.25) is 0 Å². The smallest absolute Gasteiger partial charge is 0.335 e. The van der Waals surface area contributed by atoms with Gasteiger partial charge >= 0.3 is 5.97 Å². The van der Waals surface area contributed by atoms with Gasteiger partial charge in [0.2, 0.25) is 0 Å². The fourth-order valence-electron chi connectivity index (χ4n) is 7.19. The predicted molar refractivity (Wildman–Crippen MR) is 132 cm³/mol. The summed E-state index contributed by atoms with van der Waals surface area (Å²) in [6.45, 7) is 2.66. The van der Waals surface area contributed by atoms with Crippen LogP contribution < -0.4 is 10.6 Å². The number of guanidine groups is 1. The third-order valence-corrected chi connectivity index (χ3v) is 8.01. The molecule has 1 atom stereocenters. The lowest BCUT2D eigenvalue weighted by Crippen LogP contribution is -2.49. The van der Waals surface area contributed by atoms with Crippen molar-refractivity contribution in [2.45, 2.75) is 64.5 Å². The van der Waals surface area contributed by atoms with E-state index in [1.54, 1.807) is 36.4 Å². The van der Waals surface area contributed by atoms with Crippen LogP contribution in [0.4, 0.5) is 10.1 Å². The molecule has 34 heavy (non-hydrogen) atoms. The molecule has 2 aromatic carbocycles. The summed E-state index contributed by atoms with van der Waals surface area (Å²) in [5.41, 5.74) is 2.42. The van der Waals surface area contributed by atoms with Crippen LogP contribution in [0.1, 0.15) is 67.8 Å². The van der Waals surface area contributed by atoms with E-state index in [1.807, 2.05) is 0 Å². The van der Waals surface area contributed by atoms with Crippen molar-refractivity contribution in [1.82, 2.24) is 5.32 Å². The maximum Gasteiger partial charge on any atom is 0.335 e. The number of benzene rings is 2. The molecule has 0 aliphatic heterocycles. The zero-order chi connectivity index (χ0) is 23.7. The van der Waals surface area contributed by atoms with Gasteiger partial charge in [-0.2, -0.15) is 0 Å². The largest absolute Gasteiger partial charge is 0.478 e. The number of carboxylic acid groups (broad SMARTS) is 1. The number of rotatable bonds is 7. The molecule has 0 heterocycles. The Labute approximate surface area is 200 Å². The lowest BCUT2D eigenvalue weighted by Gasteiger charge is -2.57. The maximum absolute atomic E-state index is 13.3. The van der Waals surface area contributed by atoms with E-state index in [1.165, 1.54) is 50.7 Å². The summed E-state index contributed by atoms with van der Waals surface area (Å²) in [6.07, 6.45) is 9.59. The second kappa shape index (κ2) is 9.40. The summed E-state index contributed by atoms with van der Waals surface area (Å²) < 4.78 is 13.3. The number of carboxylic acids is 1. The molecule has 0 spiro atoms. The van der Waals surface area contributed by atoms with Crippen LogP contribution in [0.5, 0.6) is 0 Å². The highest BCUT2D eigenvalue weighted by atomic mass is 19.1. The van der Waals surface area contributed by atoms with Crippen LogP contribution in [0.2, 0.25) is 0 Å². The van der Waals surface area contributed by atoms with Crippen LogP contribution in [0.25, 0.3) is 0 Å². The molecule has 4 fully saturated rings. The normalized spacial score (nSPS) is 28.5. The van der Waals surface area contributed by atoms with E-state index in [4.69, 9.17) is 4.99 Å². The molecular weight excluding hydrogens is 429 g/mol. The van der Waals surface area contributed by atoms with Gasteiger partial charge in [-0.15, -0.1) is 0 Å². The van der Waals surface area contributed by atoms with E-state index >= 15 is 0 Å². The minimum atomic E-state index is -0.945. The fraction of sp³-hybridized carbons (Fsp3) is 0.500. The summed E-state index contributed by atoms with van der Waals surface area (Å²) in [7, 11) is 0. The van der Waals surface area contributed by atoms with Crippen molar-refractivity contribution in [1.29, 1.82) is 0 Å². The van der Waals surface area contributed by atoms with Crippen LogP contribution in [0, 0.1) is 29.0 Å². The molecule has 0 aromatic heterocycles. The van der Waals surface area contributed by atoms with Gasteiger partial charge in [0, 0.05) is 11.7 Å². The van der Waals surface area contributed by atoms with E-state index in [0.29, 0.717) is 17.9 Å². The van der Waals surface area contributed by atoms with E-state index in [2.05, 4.69) is 17.6 Å². The zero-order valence-electron chi connectivity index (χ0n) is 19.8. The van der Waals surface area contributed by atoms with Crippen molar-refractivity contribution >= 4 is 17.6 Å². The van der Waals surface area contributed by atoms with Crippen molar-refractivity contribution < 1.29 is 14.3 Å². The molecule has 6 heteroatoms. The van der Waals surface area contributed by atoms with E-state index in [0.717, 1.165) is 35.4 Å². The number of hydrogen-bond donors (Lipinski definition) is 3. The zero-order valence-corrected chi connectivity index (χ0v) is 19.8. The highest BCUT2D eigenvalue weighted by Crippen LogP contribution is 2.61. The lowest BCUT2D eigenvalue weighted by atomic mass is 9.48. The van der Waals surface area contributed by atoms with Gasteiger partial charge in [0.05, 0.1) is 12.1 Å². The Morgan fingerprint density at radius 2 is 1.62 bits per heavy atom. The molecule has 4 aliphatic rings. The second-order valence-corrected chi connectivity index (χ2v) is 11.0. The molecule has 2 aromatic rings.